The molecule has 0 bridgehead atoms. The molecule has 1 aliphatic carbocycles. The number of rotatable bonds is 4. The number of nitrogens with one attached hydrogen (secondary N) is 3. The van der Waals surface area contributed by atoms with Gasteiger partial charge in [-0.1, -0.05) is 37.5 Å². The molecule has 5 heteroatoms. The zero-order chi connectivity index (χ0) is 17.1. The maximum absolute atomic E-state index is 12.8. The SMILES string of the molecule is O=C(Nc1ccccc1)c1cnc2[nH]ccc2c1NC1CCCCC1. The number of pyridine rings is 1. The van der Waals surface area contributed by atoms with E-state index >= 15 is 0 Å². The van der Waals surface area contributed by atoms with Crippen LogP contribution >= 0.6 is 0 Å². The number of carbonyl (C=O) groups excluding carboxylic acids is 1. The predicted molar refractivity (Wildman–Crippen MR) is 101 cm³/mol. The van der Waals surface area contributed by atoms with Crippen LogP contribution in [0.4, 0.5) is 11.4 Å². The topological polar surface area (TPSA) is 69.8 Å². The minimum Gasteiger partial charge on any atom is -0.381 e. The van der Waals surface area contributed by atoms with Crippen molar-refractivity contribution in [3.8, 4) is 0 Å². The Morgan fingerprint density at radius 3 is 2.68 bits per heavy atom. The molecule has 25 heavy (non-hydrogen) atoms. The van der Waals surface area contributed by atoms with Gasteiger partial charge in [-0.25, -0.2) is 4.98 Å². The van der Waals surface area contributed by atoms with Gasteiger partial charge in [0.05, 0.1) is 11.3 Å². The summed E-state index contributed by atoms with van der Waals surface area (Å²) in [7, 11) is 0. The normalized spacial score (nSPS) is 15.2. The summed E-state index contributed by atoms with van der Waals surface area (Å²) in [6.07, 6.45) is 9.59. The summed E-state index contributed by atoms with van der Waals surface area (Å²) in [4.78, 5) is 20.4. The molecule has 0 atom stereocenters. The molecule has 0 spiro atoms. The van der Waals surface area contributed by atoms with Crippen molar-refractivity contribution >= 4 is 28.3 Å². The van der Waals surface area contributed by atoms with Gasteiger partial charge < -0.3 is 15.6 Å². The molecular formula is C20H22N4O. The maximum atomic E-state index is 12.8. The first-order valence-electron chi connectivity index (χ1n) is 8.90. The van der Waals surface area contributed by atoms with Gasteiger partial charge in [0, 0.05) is 29.5 Å². The highest BCUT2D eigenvalue weighted by molar-refractivity contribution is 6.12. The molecule has 1 saturated carbocycles. The Kier molecular flexibility index (Phi) is 4.37. The van der Waals surface area contributed by atoms with Crippen LogP contribution in [0.15, 0.2) is 48.8 Å². The Labute approximate surface area is 146 Å². The highest BCUT2D eigenvalue weighted by Crippen LogP contribution is 2.30. The van der Waals surface area contributed by atoms with Gasteiger partial charge in [-0.05, 0) is 31.0 Å². The number of hydrogen-bond acceptors (Lipinski definition) is 3. The minimum absolute atomic E-state index is 0.139. The highest BCUT2D eigenvalue weighted by atomic mass is 16.1. The number of fused-ring (bicyclic) bond motifs is 1. The first kappa shape index (κ1) is 15.7. The lowest BCUT2D eigenvalue weighted by molar-refractivity contribution is 0.102. The van der Waals surface area contributed by atoms with E-state index in [1.54, 1.807) is 6.20 Å². The molecule has 0 radical (unpaired) electrons. The smallest absolute Gasteiger partial charge is 0.259 e. The lowest BCUT2D eigenvalue weighted by Gasteiger charge is -2.25. The van der Waals surface area contributed by atoms with Gasteiger partial charge in [0.25, 0.3) is 5.91 Å². The Morgan fingerprint density at radius 1 is 1.08 bits per heavy atom. The lowest BCUT2D eigenvalue weighted by Crippen LogP contribution is -2.24. The van der Waals surface area contributed by atoms with Gasteiger partial charge in [0.15, 0.2) is 0 Å². The minimum atomic E-state index is -0.139. The molecule has 3 aromatic rings. The van der Waals surface area contributed by atoms with Crippen LogP contribution in [0.2, 0.25) is 0 Å². The number of nitrogens with zero attached hydrogens (tertiary/aromatic N) is 1. The van der Waals surface area contributed by atoms with E-state index in [-0.39, 0.29) is 5.91 Å². The van der Waals surface area contributed by atoms with Gasteiger partial charge in [-0.15, -0.1) is 0 Å². The third kappa shape index (κ3) is 3.36. The van der Waals surface area contributed by atoms with E-state index in [1.165, 1.54) is 19.3 Å². The summed E-state index contributed by atoms with van der Waals surface area (Å²) in [6.45, 7) is 0. The zero-order valence-electron chi connectivity index (χ0n) is 14.1. The predicted octanol–water partition coefficient (Wildman–Crippen LogP) is 4.56. The van der Waals surface area contributed by atoms with Crippen molar-refractivity contribution in [3.63, 3.8) is 0 Å². The number of para-hydroxylation sites is 1. The van der Waals surface area contributed by atoms with Crippen LogP contribution in [0, 0.1) is 0 Å². The van der Waals surface area contributed by atoms with E-state index in [2.05, 4.69) is 20.6 Å². The Balaban J connectivity index is 1.67. The molecule has 0 aliphatic heterocycles. The van der Waals surface area contributed by atoms with Crippen LogP contribution in [-0.2, 0) is 0 Å². The van der Waals surface area contributed by atoms with Crippen LogP contribution in [-0.4, -0.2) is 21.9 Å². The number of benzene rings is 1. The first-order valence-corrected chi connectivity index (χ1v) is 8.90. The Bertz CT molecular complexity index is 866. The molecular weight excluding hydrogens is 312 g/mol. The van der Waals surface area contributed by atoms with Crippen LogP contribution in [0.3, 0.4) is 0 Å². The molecule has 1 amide bonds. The molecule has 128 valence electrons. The largest absolute Gasteiger partial charge is 0.381 e. The number of H-pyrrole nitrogens is 1. The Hall–Kier alpha value is -2.82. The fourth-order valence-electron chi connectivity index (χ4n) is 3.51. The quantitative estimate of drug-likeness (QED) is 0.655. The summed E-state index contributed by atoms with van der Waals surface area (Å²) < 4.78 is 0. The Morgan fingerprint density at radius 2 is 1.88 bits per heavy atom. The first-order chi connectivity index (χ1) is 12.3. The van der Waals surface area contributed by atoms with Gasteiger partial charge in [-0.3, -0.25) is 4.79 Å². The van der Waals surface area contributed by atoms with Crippen molar-refractivity contribution in [2.75, 3.05) is 10.6 Å². The summed E-state index contributed by atoms with van der Waals surface area (Å²) in [5, 5.41) is 7.55. The third-order valence-corrected chi connectivity index (χ3v) is 4.82. The third-order valence-electron chi connectivity index (χ3n) is 4.82. The lowest BCUT2D eigenvalue weighted by atomic mass is 9.95. The van der Waals surface area contributed by atoms with E-state index in [9.17, 15) is 4.79 Å². The van der Waals surface area contributed by atoms with Crippen molar-refractivity contribution in [2.45, 2.75) is 38.1 Å². The maximum Gasteiger partial charge on any atom is 0.259 e. The average Bonchev–Trinajstić information content (AvgIpc) is 3.13. The van der Waals surface area contributed by atoms with E-state index in [4.69, 9.17) is 0 Å². The average molecular weight is 334 g/mol. The van der Waals surface area contributed by atoms with Gasteiger partial charge in [0.1, 0.15) is 5.65 Å². The van der Waals surface area contributed by atoms with Crippen LogP contribution in [0.1, 0.15) is 42.5 Å². The fourth-order valence-corrected chi connectivity index (χ4v) is 3.51. The molecule has 5 nitrogen and oxygen atoms in total. The van der Waals surface area contributed by atoms with Crippen molar-refractivity contribution in [3.05, 3.63) is 54.4 Å². The van der Waals surface area contributed by atoms with E-state index < -0.39 is 0 Å². The second-order valence-corrected chi connectivity index (χ2v) is 6.59. The monoisotopic (exact) mass is 334 g/mol. The fraction of sp³-hybridized carbons (Fsp3) is 0.300. The molecule has 3 N–H and O–H groups in total. The van der Waals surface area contributed by atoms with Gasteiger partial charge in [-0.2, -0.15) is 0 Å². The number of amides is 1. The zero-order valence-corrected chi connectivity index (χ0v) is 14.1. The van der Waals surface area contributed by atoms with Crippen molar-refractivity contribution in [1.82, 2.24) is 9.97 Å². The molecule has 4 rings (SSSR count). The highest BCUT2D eigenvalue weighted by Gasteiger charge is 2.20. The number of aromatic amines is 1. The summed E-state index contributed by atoms with van der Waals surface area (Å²) >= 11 is 0. The molecule has 2 heterocycles. The molecule has 1 aromatic carbocycles. The second kappa shape index (κ2) is 6.97. The van der Waals surface area contributed by atoms with Crippen LogP contribution < -0.4 is 10.6 Å². The van der Waals surface area contributed by atoms with Crippen molar-refractivity contribution in [2.24, 2.45) is 0 Å². The van der Waals surface area contributed by atoms with E-state index in [0.717, 1.165) is 35.2 Å². The molecule has 0 unspecified atom stereocenters. The van der Waals surface area contributed by atoms with Gasteiger partial charge in [0.2, 0.25) is 0 Å². The van der Waals surface area contributed by atoms with Crippen molar-refractivity contribution in [1.29, 1.82) is 0 Å². The number of hydrogen-bond donors (Lipinski definition) is 3. The second-order valence-electron chi connectivity index (χ2n) is 6.59. The number of anilines is 2. The van der Waals surface area contributed by atoms with Crippen molar-refractivity contribution < 1.29 is 4.79 Å². The van der Waals surface area contributed by atoms with Gasteiger partial charge >= 0.3 is 0 Å². The van der Waals surface area contributed by atoms with Crippen LogP contribution in [0.25, 0.3) is 11.0 Å². The molecule has 1 aliphatic rings. The molecule has 2 aromatic heterocycles. The standard InChI is InChI=1S/C20H22N4O/c25-20(24-15-9-5-2-6-10-15)17-13-22-19-16(11-12-21-19)18(17)23-14-7-3-1-4-8-14/h2,5-6,9-14H,1,3-4,7-8H2,(H,24,25)(H2,21,22,23). The summed E-state index contributed by atoms with van der Waals surface area (Å²) in [6, 6.07) is 11.9. The number of aromatic nitrogens is 2. The van der Waals surface area contributed by atoms with Crippen LogP contribution in [0.5, 0.6) is 0 Å². The molecule has 0 saturated heterocycles. The summed E-state index contributed by atoms with van der Waals surface area (Å²) in [5.74, 6) is -0.139. The molecule has 1 fully saturated rings. The number of carbonyl (C=O) groups is 1. The summed E-state index contributed by atoms with van der Waals surface area (Å²) in [5.41, 5.74) is 3.05. The van der Waals surface area contributed by atoms with E-state index in [0.29, 0.717) is 11.6 Å². The van der Waals surface area contributed by atoms with E-state index in [1.807, 2.05) is 42.6 Å².